The highest BCUT2D eigenvalue weighted by molar-refractivity contribution is 5.92. The minimum absolute atomic E-state index is 0.0479. The van der Waals surface area contributed by atoms with Gasteiger partial charge >= 0.3 is 5.97 Å². The Morgan fingerprint density at radius 2 is 1.76 bits per heavy atom. The maximum Gasteiger partial charge on any atom is 0.308 e. The molecular formula is C19H23N3O3. The third-order valence-electron chi connectivity index (χ3n) is 3.54. The molecule has 1 aromatic heterocycles. The molecule has 0 unspecified atom stereocenters. The van der Waals surface area contributed by atoms with Crippen LogP contribution in [0.1, 0.15) is 53.6 Å². The van der Waals surface area contributed by atoms with Gasteiger partial charge in [-0.05, 0) is 33.3 Å². The number of hydrogen-bond donors (Lipinski definition) is 1. The van der Waals surface area contributed by atoms with Gasteiger partial charge in [0.05, 0.1) is 30.5 Å². The largest absolute Gasteiger partial charge is 0.463 e. The van der Waals surface area contributed by atoms with Crippen LogP contribution in [0.15, 0.2) is 36.7 Å². The van der Waals surface area contributed by atoms with E-state index >= 15 is 0 Å². The van der Waals surface area contributed by atoms with E-state index in [1.165, 1.54) is 12.4 Å². The zero-order chi connectivity index (χ0) is 18.4. The van der Waals surface area contributed by atoms with Gasteiger partial charge in [-0.1, -0.05) is 29.8 Å². The number of carbonyl (C=O) groups is 2. The van der Waals surface area contributed by atoms with Crippen LogP contribution in [0, 0.1) is 13.8 Å². The molecule has 1 aromatic carbocycles. The van der Waals surface area contributed by atoms with Crippen molar-refractivity contribution in [3.63, 3.8) is 0 Å². The molecule has 6 nitrogen and oxygen atoms in total. The Balaban J connectivity index is 2.18. The van der Waals surface area contributed by atoms with E-state index in [0.717, 1.165) is 16.8 Å². The molecule has 0 aliphatic carbocycles. The van der Waals surface area contributed by atoms with Gasteiger partial charge in [-0.25, -0.2) is 4.98 Å². The fourth-order valence-electron chi connectivity index (χ4n) is 2.27. The highest BCUT2D eigenvalue weighted by Crippen LogP contribution is 2.19. The number of benzene rings is 1. The highest BCUT2D eigenvalue weighted by atomic mass is 16.5. The molecule has 0 radical (unpaired) electrons. The zero-order valence-electron chi connectivity index (χ0n) is 14.9. The summed E-state index contributed by atoms with van der Waals surface area (Å²) in [7, 11) is 0. The Kier molecular flexibility index (Phi) is 6.22. The smallest absolute Gasteiger partial charge is 0.308 e. The van der Waals surface area contributed by atoms with E-state index in [1.54, 1.807) is 20.8 Å². The molecule has 1 atom stereocenters. The molecule has 0 fully saturated rings. The maximum atomic E-state index is 12.4. The summed E-state index contributed by atoms with van der Waals surface area (Å²) in [5.41, 5.74) is 2.87. The zero-order valence-corrected chi connectivity index (χ0v) is 14.9. The first-order valence-electron chi connectivity index (χ1n) is 8.20. The number of nitrogens with one attached hydrogen (secondary N) is 1. The lowest BCUT2D eigenvalue weighted by Gasteiger charge is -2.19. The van der Waals surface area contributed by atoms with E-state index in [0.29, 0.717) is 0 Å². The average Bonchev–Trinajstić information content (AvgIpc) is 2.54. The van der Waals surface area contributed by atoms with Crippen LogP contribution in [0.25, 0.3) is 0 Å². The van der Waals surface area contributed by atoms with Crippen molar-refractivity contribution in [3.05, 3.63) is 59.2 Å². The molecule has 1 amide bonds. The number of esters is 1. The number of amides is 1. The fourth-order valence-corrected chi connectivity index (χ4v) is 2.27. The molecule has 0 bridgehead atoms. The third kappa shape index (κ3) is 5.67. The minimum atomic E-state index is -0.498. The van der Waals surface area contributed by atoms with Crippen molar-refractivity contribution in [1.29, 1.82) is 0 Å². The topological polar surface area (TPSA) is 81.2 Å². The van der Waals surface area contributed by atoms with Crippen molar-refractivity contribution in [2.75, 3.05) is 0 Å². The van der Waals surface area contributed by atoms with Gasteiger partial charge in [-0.3, -0.25) is 14.6 Å². The van der Waals surface area contributed by atoms with Crippen LogP contribution >= 0.6 is 0 Å². The predicted octanol–water partition coefficient (Wildman–Crippen LogP) is 2.91. The Bertz CT molecular complexity index is 725. The summed E-state index contributed by atoms with van der Waals surface area (Å²) >= 11 is 0. The molecule has 0 spiro atoms. The Labute approximate surface area is 147 Å². The van der Waals surface area contributed by atoms with Crippen molar-refractivity contribution < 1.29 is 14.3 Å². The summed E-state index contributed by atoms with van der Waals surface area (Å²) in [5.74, 6) is -0.744. The van der Waals surface area contributed by atoms with Crippen molar-refractivity contribution in [2.24, 2.45) is 0 Å². The van der Waals surface area contributed by atoms with E-state index < -0.39 is 6.04 Å². The lowest BCUT2D eigenvalue weighted by molar-refractivity contribution is -0.147. The first-order valence-corrected chi connectivity index (χ1v) is 8.20. The second-order valence-electron chi connectivity index (χ2n) is 6.22. The van der Waals surface area contributed by atoms with Gasteiger partial charge in [-0.2, -0.15) is 0 Å². The molecule has 0 aliphatic heterocycles. The molecule has 0 saturated heterocycles. The number of ether oxygens (including phenoxy) is 1. The normalized spacial score (nSPS) is 11.9. The lowest BCUT2D eigenvalue weighted by atomic mass is 10.0. The van der Waals surface area contributed by atoms with Crippen LogP contribution in [0.4, 0.5) is 0 Å². The van der Waals surface area contributed by atoms with Crippen molar-refractivity contribution >= 4 is 11.9 Å². The van der Waals surface area contributed by atoms with E-state index in [9.17, 15) is 9.59 Å². The van der Waals surface area contributed by atoms with Gasteiger partial charge in [0.25, 0.3) is 5.91 Å². The Hall–Kier alpha value is -2.76. The molecule has 0 aliphatic rings. The molecule has 1 N–H and O–H groups in total. The SMILES string of the molecule is Cc1ccc([C@H](CC(=O)OC(C)C)NC(=O)c2cnc(C)cn2)cc1. The first kappa shape index (κ1) is 18.6. The average molecular weight is 341 g/mol. The first-order chi connectivity index (χ1) is 11.8. The van der Waals surface area contributed by atoms with E-state index in [4.69, 9.17) is 4.74 Å². The van der Waals surface area contributed by atoms with Crippen LogP contribution in [0.3, 0.4) is 0 Å². The van der Waals surface area contributed by atoms with Crippen LogP contribution in [-0.2, 0) is 9.53 Å². The lowest BCUT2D eigenvalue weighted by Crippen LogP contribution is -2.31. The number of aromatic nitrogens is 2. The molecule has 1 heterocycles. The van der Waals surface area contributed by atoms with Gasteiger partial charge in [0.15, 0.2) is 0 Å². The summed E-state index contributed by atoms with van der Waals surface area (Å²) in [4.78, 5) is 32.7. The van der Waals surface area contributed by atoms with Gasteiger partial charge in [-0.15, -0.1) is 0 Å². The fraction of sp³-hybridized carbons (Fsp3) is 0.368. The van der Waals surface area contributed by atoms with Crippen LogP contribution in [0.5, 0.6) is 0 Å². The van der Waals surface area contributed by atoms with Crippen molar-refractivity contribution in [2.45, 2.75) is 46.3 Å². The van der Waals surface area contributed by atoms with Crippen molar-refractivity contribution in [3.8, 4) is 0 Å². The van der Waals surface area contributed by atoms with Gasteiger partial charge in [0.1, 0.15) is 5.69 Å². The standard InChI is InChI=1S/C19H23N3O3/c1-12(2)25-18(23)9-16(15-7-5-13(3)6-8-15)22-19(24)17-11-20-14(4)10-21-17/h5-8,10-12,16H,9H2,1-4H3,(H,22,24)/t16-/m0/s1. The predicted molar refractivity (Wildman–Crippen MR) is 94.0 cm³/mol. The number of carbonyl (C=O) groups excluding carboxylic acids is 2. The van der Waals surface area contributed by atoms with Crippen molar-refractivity contribution in [1.82, 2.24) is 15.3 Å². The molecule has 25 heavy (non-hydrogen) atoms. The maximum absolute atomic E-state index is 12.4. The quantitative estimate of drug-likeness (QED) is 0.817. The molecule has 0 saturated carbocycles. The third-order valence-corrected chi connectivity index (χ3v) is 3.54. The highest BCUT2D eigenvalue weighted by Gasteiger charge is 2.21. The Morgan fingerprint density at radius 1 is 1.08 bits per heavy atom. The molecule has 2 aromatic rings. The molecule has 132 valence electrons. The van der Waals surface area contributed by atoms with Gasteiger partial charge in [0.2, 0.25) is 0 Å². The monoisotopic (exact) mass is 341 g/mol. The summed E-state index contributed by atoms with van der Waals surface area (Å²) in [6.45, 7) is 7.36. The molecule has 6 heteroatoms. The van der Waals surface area contributed by atoms with E-state index in [2.05, 4.69) is 15.3 Å². The molecular weight excluding hydrogens is 318 g/mol. The minimum Gasteiger partial charge on any atom is -0.463 e. The second-order valence-corrected chi connectivity index (χ2v) is 6.22. The van der Waals surface area contributed by atoms with Gasteiger partial charge < -0.3 is 10.1 Å². The van der Waals surface area contributed by atoms with Crippen LogP contribution in [-0.4, -0.2) is 27.9 Å². The van der Waals surface area contributed by atoms with Crippen LogP contribution in [0.2, 0.25) is 0 Å². The van der Waals surface area contributed by atoms with E-state index in [1.807, 2.05) is 31.2 Å². The summed E-state index contributed by atoms with van der Waals surface area (Å²) in [6, 6.07) is 7.16. The second kappa shape index (κ2) is 8.37. The number of hydrogen-bond acceptors (Lipinski definition) is 5. The summed E-state index contributed by atoms with van der Waals surface area (Å²) in [5, 5.41) is 2.85. The number of rotatable bonds is 6. The molecule has 2 rings (SSSR count). The summed E-state index contributed by atoms with van der Waals surface area (Å²) < 4.78 is 5.21. The van der Waals surface area contributed by atoms with E-state index in [-0.39, 0.29) is 30.1 Å². The number of nitrogens with zero attached hydrogens (tertiary/aromatic N) is 2. The number of aryl methyl sites for hydroxylation is 2. The van der Waals surface area contributed by atoms with Gasteiger partial charge in [0, 0.05) is 6.20 Å². The Morgan fingerprint density at radius 3 is 2.32 bits per heavy atom. The summed E-state index contributed by atoms with van der Waals surface area (Å²) in [6.07, 6.45) is 2.79. The van der Waals surface area contributed by atoms with Crippen LogP contribution < -0.4 is 5.32 Å².